The Morgan fingerprint density at radius 2 is 2.29 bits per heavy atom. The van der Waals surface area contributed by atoms with E-state index in [4.69, 9.17) is 5.11 Å². The molecule has 0 aromatic carbocycles. The zero-order valence-electron chi connectivity index (χ0n) is 9.89. The first-order valence-electron chi connectivity index (χ1n) is 6.48. The summed E-state index contributed by atoms with van der Waals surface area (Å²) in [7, 11) is 0. The average Bonchev–Trinajstić information content (AvgIpc) is 3.10. The number of aliphatic carboxylic acids is 1. The lowest BCUT2D eigenvalue weighted by Crippen LogP contribution is -2.13. The maximum atomic E-state index is 10.9. The number of carboxylic acid groups (broad SMARTS) is 1. The third kappa shape index (κ3) is 1.24. The van der Waals surface area contributed by atoms with Crippen molar-refractivity contribution in [1.82, 2.24) is 9.78 Å². The fourth-order valence-corrected chi connectivity index (χ4v) is 3.59. The Labute approximate surface area is 99.6 Å². The van der Waals surface area contributed by atoms with E-state index in [0.717, 1.165) is 18.3 Å². The number of hydrogen-bond donors (Lipinski definition) is 1. The van der Waals surface area contributed by atoms with Crippen molar-refractivity contribution in [3.05, 3.63) is 17.0 Å². The molecule has 1 N–H and O–H groups in total. The molecule has 1 heterocycles. The lowest BCUT2D eigenvalue weighted by molar-refractivity contribution is -0.137. The van der Waals surface area contributed by atoms with Gasteiger partial charge in [-0.25, -0.2) is 0 Å². The van der Waals surface area contributed by atoms with Crippen LogP contribution in [0.5, 0.6) is 0 Å². The van der Waals surface area contributed by atoms with Crippen molar-refractivity contribution in [2.45, 2.75) is 44.6 Å². The molecule has 0 spiro atoms. The van der Waals surface area contributed by atoms with E-state index >= 15 is 0 Å². The summed E-state index contributed by atoms with van der Waals surface area (Å²) in [4.78, 5) is 10.9. The number of fused-ring (bicyclic) bond motifs is 3. The van der Waals surface area contributed by atoms with Gasteiger partial charge in [0.15, 0.2) is 0 Å². The Morgan fingerprint density at radius 3 is 2.94 bits per heavy atom. The molecule has 2 fully saturated rings. The summed E-state index contributed by atoms with van der Waals surface area (Å²) in [5.41, 5.74) is 3.90. The van der Waals surface area contributed by atoms with Crippen molar-refractivity contribution in [2.24, 2.45) is 11.8 Å². The minimum Gasteiger partial charge on any atom is -0.480 e. The summed E-state index contributed by atoms with van der Waals surface area (Å²) in [6.07, 6.45) is 3.53. The van der Waals surface area contributed by atoms with Crippen LogP contribution in [-0.2, 0) is 17.8 Å². The molecular formula is C13H16N2O2. The van der Waals surface area contributed by atoms with Gasteiger partial charge in [-0.05, 0) is 37.0 Å². The normalized spacial score (nSPS) is 33.4. The number of aromatic nitrogens is 2. The molecule has 0 unspecified atom stereocenters. The van der Waals surface area contributed by atoms with Gasteiger partial charge in [0, 0.05) is 17.2 Å². The van der Waals surface area contributed by atoms with Crippen LogP contribution in [-0.4, -0.2) is 20.9 Å². The van der Waals surface area contributed by atoms with Gasteiger partial charge in [-0.3, -0.25) is 9.48 Å². The summed E-state index contributed by atoms with van der Waals surface area (Å²) >= 11 is 0. The largest absolute Gasteiger partial charge is 0.480 e. The molecule has 0 aliphatic heterocycles. The van der Waals surface area contributed by atoms with E-state index < -0.39 is 5.97 Å². The molecule has 0 radical (unpaired) electrons. The number of hydrogen-bond acceptors (Lipinski definition) is 2. The Morgan fingerprint density at radius 1 is 1.53 bits per heavy atom. The number of nitrogens with zero attached hydrogens (tertiary/aromatic N) is 2. The Hall–Kier alpha value is -1.32. The molecule has 3 aliphatic rings. The van der Waals surface area contributed by atoms with Crippen molar-refractivity contribution in [3.63, 3.8) is 0 Å². The molecule has 0 saturated heterocycles. The second kappa shape index (κ2) is 2.92. The first-order valence-corrected chi connectivity index (χ1v) is 6.48. The summed E-state index contributed by atoms with van der Waals surface area (Å²) in [6.45, 7) is 2.34. The van der Waals surface area contributed by atoms with E-state index in [1.807, 2.05) is 0 Å². The average molecular weight is 232 g/mol. The lowest BCUT2D eigenvalue weighted by Gasteiger charge is -2.03. The molecule has 4 rings (SSSR count). The topological polar surface area (TPSA) is 55.1 Å². The molecular weight excluding hydrogens is 216 g/mol. The number of rotatable bonds is 3. The summed E-state index contributed by atoms with van der Waals surface area (Å²) in [5.74, 6) is 2.11. The third-order valence-electron chi connectivity index (χ3n) is 4.70. The fraction of sp³-hybridized carbons (Fsp3) is 0.692. The van der Waals surface area contributed by atoms with Gasteiger partial charge in [0.25, 0.3) is 0 Å². The van der Waals surface area contributed by atoms with Crippen LogP contribution in [0.3, 0.4) is 0 Å². The van der Waals surface area contributed by atoms with Crippen molar-refractivity contribution < 1.29 is 9.90 Å². The van der Waals surface area contributed by atoms with Crippen LogP contribution in [0.15, 0.2) is 0 Å². The van der Waals surface area contributed by atoms with Crippen molar-refractivity contribution in [3.8, 4) is 0 Å². The van der Waals surface area contributed by atoms with Crippen molar-refractivity contribution in [2.75, 3.05) is 0 Å². The molecule has 1 aromatic heterocycles. The summed E-state index contributed by atoms with van der Waals surface area (Å²) in [5, 5.41) is 13.5. The van der Waals surface area contributed by atoms with E-state index in [2.05, 4.69) is 12.0 Å². The molecule has 1 aromatic rings. The SMILES string of the molecule is C[C@H]1[C@H]2Cc3c(c(C4CC4)nn3CC(=O)O)[C@@H]12. The van der Waals surface area contributed by atoms with Gasteiger partial charge in [0.2, 0.25) is 0 Å². The van der Waals surface area contributed by atoms with Gasteiger partial charge in [0.05, 0.1) is 5.69 Å². The van der Waals surface area contributed by atoms with Crippen LogP contribution in [0.1, 0.15) is 48.6 Å². The monoisotopic (exact) mass is 232 g/mol. The fourth-order valence-electron chi connectivity index (χ4n) is 3.59. The van der Waals surface area contributed by atoms with Gasteiger partial charge in [-0.2, -0.15) is 5.10 Å². The molecule has 3 atom stereocenters. The van der Waals surface area contributed by atoms with Gasteiger partial charge >= 0.3 is 5.97 Å². The predicted octanol–water partition coefficient (Wildman–Crippen LogP) is 1.75. The van der Waals surface area contributed by atoms with E-state index in [1.54, 1.807) is 4.68 Å². The minimum absolute atomic E-state index is 0.0306. The van der Waals surface area contributed by atoms with E-state index in [9.17, 15) is 4.79 Å². The maximum Gasteiger partial charge on any atom is 0.325 e. The smallest absolute Gasteiger partial charge is 0.325 e. The molecule has 17 heavy (non-hydrogen) atoms. The standard InChI is InChI=1S/C13H16N2O2/c1-6-8-4-9-12(11(6)8)13(7-2-3-7)14-15(9)5-10(16)17/h6-8,11H,2-5H2,1H3,(H,16,17)/t6-,8+,11-/m0/s1. The van der Waals surface area contributed by atoms with Gasteiger partial charge in [0.1, 0.15) is 6.54 Å². The second-order valence-electron chi connectivity index (χ2n) is 5.82. The van der Waals surface area contributed by atoms with Crippen molar-refractivity contribution in [1.29, 1.82) is 0 Å². The van der Waals surface area contributed by atoms with Crippen LogP contribution in [0.25, 0.3) is 0 Å². The van der Waals surface area contributed by atoms with E-state index in [-0.39, 0.29) is 6.54 Å². The van der Waals surface area contributed by atoms with Crippen LogP contribution >= 0.6 is 0 Å². The lowest BCUT2D eigenvalue weighted by atomic mass is 10.1. The molecule has 2 saturated carbocycles. The molecule has 3 aliphatic carbocycles. The van der Waals surface area contributed by atoms with Crippen molar-refractivity contribution >= 4 is 5.97 Å². The summed E-state index contributed by atoms with van der Waals surface area (Å²) < 4.78 is 1.75. The van der Waals surface area contributed by atoms with Crippen LogP contribution < -0.4 is 0 Å². The summed E-state index contributed by atoms with van der Waals surface area (Å²) in [6, 6.07) is 0. The van der Waals surface area contributed by atoms with Gasteiger partial charge in [-0.15, -0.1) is 0 Å². The predicted molar refractivity (Wildman–Crippen MR) is 60.9 cm³/mol. The highest BCUT2D eigenvalue weighted by molar-refractivity contribution is 5.66. The zero-order valence-corrected chi connectivity index (χ0v) is 9.89. The van der Waals surface area contributed by atoms with Gasteiger partial charge < -0.3 is 5.11 Å². The first-order chi connectivity index (χ1) is 8.16. The quantitative estimate of drug-likeness (QED) is 0.863. The molecule has 4 heteroatoms. The second-order valence-corrected chi connectivity index (χ2v) is 5.82. The Balaban J connectivity index is 1.79. The Kier molecular flexibility index (Phi) is 1.66. The van der Waals surface area contributed by atoms with E-state index in [0.29, 0.717) is 11.8 Å². The highest BCUT2D eigenvalue weighted by atomic mass is 16.4. The number of carbonyl (C=O) groups is 1. The molecule has 0 amide bonds. The molecule has 90 valence electrons. The minimum atomic E-state index is -0.786. The van der Waals surface area contributed by atoms with Crippen LogP contribution in [0.2, 0.25) is 0 Å². The highest BCUT2D eigenvalue weighted by Gasteiger charge is 2.56. The number of carboxylic acids is 1. The first kappa shape index (κ1) is 9.68. The van der Waals surface area contributed by atoms with Crippen LogP contribution in [0.4, 0.5) is 0 Å². The molecule has 0 bridgehead atoms. The highest BCUT2D eigenvalue weighted by Crippen LogP contribution is 2.63. The van der Waals surface area contributed by atoms with Crippen LogP contribution in [0, 0.1) is 11.8 Å². The Bertz CT molecular complexity index is 516. The molecule has 4 nitrogen and oxygen atoms in total. The third-order valence-corrected chi connectivity index (χ3v) is 4.70. The zero-order chi connectivity index (χ0) is 11.7. The maximum absolute atomic E-state index is 10.9. The van der Waals surface area contributed by atoms with Gasteiger partial charge in [-0.1, -0.05) is 6.92 Å². The van der Waals surface area contributed by atoms with E-state index in [1.165, 1.54) is 29.8 Å².